The summed E-state index contributed by atoms with van der Waals surface area (Å²) in [5, 5.41) is 5.97. The van der Waals surface area contributed by atoms with Crippen LogP contribution in [0.1, 0.15) is 5.69 Å². The van der Waals surface area contributed by atoms with E-state index >= 15 is 0 Å². The summed E-state index contributed by atoms with van der Waals surface area (Å²) in [4.78, 5) is 47.6. The van der Waals surface area contributed by atoms with E-state index in [0.29, 0.717) is 44.0 Å². The van der Waals surface area contributed by atoms with Gasteiger partial charge in [0.1, 0.15) is 18.7 Å². The number of nitrogens with one attached hydrogen (secondary N) is 1. The molecule has 1 aromatic carbocycles. The molecule has 3 aromatic heterocycles. The van der Waals surface area contributed by atoms with Crippen LogP contribution in [0.3, 0.4) is 0 Å². The fourth-order valence-corrected chi connectivity index (χ4v) is 4.58. The Bertz CT molecular complexity index is 1490. The lowest BCUT2D eigenvalue weighted by atomic mass is 10.2. The van der Waals surface area contributed by atoms with Crippen LogP contribution in [0.15, 0.2) is 59.7 Å². The molecule has 15 heteroatoms. The smallest absolute Gasteiger partial charge is 0.414 e. The number of cyclic esters (lactones) is 1. The number of fused-ring (bicyclic) bond motifs is 1. The van der Waals surface area contributed by atoms with Crippen molar-refractivity contribution < 1.29 is 32.8 Å². The number of anilines is 2. The molecule has 2 aliphatic rings. The number of nitrogens with zero attached hydrogens (tertiary/aromatic N) is 7. The summed E-state index contributed by atoms with van der Waals surface area (Å²) in [6, 6.07) is 7.99. The number of aromatic nitrogens is 4. The number of ether oxygens (including phenoxy) is 2. The summed E-state index contributed by atoms with van der Waals surface area (Å²) in [7, 11) is 0. The number of hydrogen-bond acceptors (Lipinski definition) is 10. The highest BCUT2D eigenvalue weighted by Crippen LogP contribution is 2.28. The van der Waals surface area contributed by atoms with Gasteiger partial charge in [-0.2, -0.15) is 0 Å². The molecule has 0 radical (unpaired) electrons. The van der Waals surface area contributed by atoms with Gasteiger partial charge in [-0.05, 0) is 36.3 Å². The van der Waals surface area contributed by atoms with Crippen molar-refractivity contribution in [1.29, 1.82) is 0 Å². The van der Waals surface area contributed by atoms with Gasteiger partial charge in [-0.15, -0.1) is 0 Å². The second-order valence-electron chi connectivity index (χ2n) is 9.48. The van der Waals surface area contributed by atoms with Crippen LogP contribution in [0.25, 0.3) is 5.78 Å². The average Bonchev–Trinajstić information content (AvgIpc) is 3.74. The molecule has 6 rings (SSSR count). The third kappa shape index (κ3) is 6.74. The van der Waals surface area contributed by atoms with Crippen LogP contribution in [0.4, 0.5) is 20.6 Å². The van der Waals surface area contributed by atoms with Crippen LogP contribution in [-0.4, -0.2) is 94.8 Å². The Morgan fingerprint density at radius 3 is 2.79 bits per heavy atom. The molecule has 1 atom stereocenters. The number of carbonyl (C=O) groups is 3. The summed E-state index contributed by atoms with van der Waals surface area (Å²) in [5.41, 5.74) is 1.78. The monoisotopic (exact) mass is 580 g/mol. The Morgan fingerprint density at radius 2 is 2.07 bits per heavy atom. The molecular formula is C27H29FN8O6. The van der Waals surface area contributed by atoms with Gasteiger partial charge in [-0.3, -0.25) is 18.9 Å². The minimum atomic E-state index is -0.582. The van der Waals surface area contributed by atoms with E-state index in [-0.39, 0.29) is 31.5 Å². The summed E-state index contributed by atoms with van der Waals surface area (Å²) >= 11 is 0. The van der Waals surface area contributed by atoms with Crippen molar-refractivity contribution in [3.05, 3.63) is 66.7 Å². The zero-order valence-electron chi connectivity index (χ0n) is 22.8. The first kappa shape index (κ1) is 28.3. The third-order valence-corrected chi connectivity index (χ3v) is 6.61. The van der Waals surface area contributed by atoms with E-state index in [4.69, 9.17) is 9.47 Å². The van der Waals surface area contributed by atoms with Crippen LogP contribution in [0, 0.1) is 12.7 Å². The molecule has 2 fully saturated rings. The highest BCUT2D eigenvalue weighted by atomic mass is 19.1. The first-order chi connectivity index (χ1) is 20.4. The molecule has 0 saturated carbocycles. The number of amides is 3. The topological polar surface area (TPSA) is 148 Å². The van der Waals surface area contributed by atoms with E-state index in [2.05, 4.69) is 25.0 Å². The van der Waals surface area contributed by atoms with Gasteiger partial charge in [0.15, 0.2) is 6.10 Å². The Balaban J connectivity index is 0.000000295. The zero-order chi connectivity index (χ0) is 29.5. The summed E-state index contributed by atoms with van der Waals surface area (Å²) in [6.45, 7) is 3.97. The fourth-order valence-electron chi connectivity index (χ4n) is 4.58. The number of hydrogen-bond donors (Lipinski definition) is 1. The number of imidazole rings is 1. The first-order valence-electron chi connectivity index (χ1n) is 13.2. The zero-order valence-corrected chi connectivity index (χ0v) is 22.8. The lowest BCUT2D eigenvalue weighted by molar-refractivity contribution is -0.131. The van der Waals surface area contributed by atoms with Crippen LogP contribution in [-0.2, 0) is 14.3 Å². The molecule has 2 saturated heterocycles. The van der Waals surface area contributed by atoms with Gasteiger partial charge in [0.05, 0.1) is 30.2 Å². The molecule has 14 nitrogen and oxygen atoms in total. The fraction of sp³-hybridized carbons (Fsp3) is 0.333. The molecule has 0 spiro atoms. The maximum atomic E-state index is 14.9. The molecule has 0 aliphatic carbocycles. The van der Waals surface area contributed by atoms with E-state index in [0.717, 1.165) is 11.5 Å². The van der Waals surface area contributed by atoms with Crippen molar-refractivity contribution in [3.63, 3.8) is 0 Å². The lowest BCUT2D eigenvalue weighted by Gasteiger charge is -2.36. The molecular weight excluding hydrogens is 551 g/mol. The van der Waals surface area contributed by atoms with Crippen molar-refractivity contribution in [2.45, 2.75) is 13.0 Å². The Labute approximate surface area is 239 Å². The van der Waals surface area contributed by atoms with Crippen molar-refractivity contribution >= 4 is 35.6 Å². The van der Waals surface area contributed by atoms with E-state index in [1.165, 1.54) is 17.2 Å². The summed E-state index contributed by atoms with van der Waals surface area (Å²) < 4.78 is 32.1. The quantitative estimate of drug-likeness (QED) is 0.305. The molecule has 1 unspecified atom stereocenters. The number of halogens is 1. The molecule has 5 heterocycles. The van der Waals surface area contributed by atoms with Crippen LogP contribution in [0.5, 0.6) is 5.88 Å². The molecule has 3 amide bonds. The van der Waals surface area contributed by atoms with Gasteiger partial charge < -0.3 is 29.1 Å². The van der Waals surface area contributed by atoms with E-state index < -0.39 is 18.0 Å². The number of aryl methyl sites for hydroxylation is 1. The van der Waals surface area contributed by atoms with Crippen LogP contribution in [0.2, 0.25) is 0 Å². The second kappa shape index (κ2) is 13.0. The standard InChI is InChI=1S/C20H22FN5O6.C7H7N3/c21-16-9-14(26-11-15(32-20(26)29)12-30-18-3-8-31-23-18)1-2-17(16)24-4-6-25(7-5-24)19(28)10-22-13-27;1-6-5-10-4-2-3-8-7(10)9-6/h1-3,8-9,13,15H,4-7,10-12H2,(H,22,27);2-5H,1H3. The molecule has 42 heavy (non-hydrogen) atoms. The number of benzene rings is 1. The summed E-state index contributed by atoms with van der Waals surface area (Å²) in [5.74, 6) is 0.402. The van der Waals surface area contributed by atoms with Crippen molar-refractivity contribution in [2.24, 2.45) is 0 Å². The second-order valence-corrected chi connectivity index (χ2v) is 9.48. The van der Waals surface area contributed by atoms with Gasteiger partial charge in [0.2, 0.25) is 18.1 Å². The SMILES string of the molecule is Cc1cn2cccnc2n1.O=CNCC(=O)N1CCN(c2ccc(N3CC(COc4ccon4)OC3=O)cc2F)CC1. The van der Waals surface area contributed by atoms with Gasteiger partial charge >= 0.3 is 6.09 Å². The lowest BCUT2D eigenvalue weighted by Crippen LogP contribution is -2.51. The number of rotatable bonds is 8. The van der Waals surface area contributed by atoms with E-state index in [1.807, 2.05) is 34.7 Å². The predicted molar refractivity (Wildman–Crippen MR) is 147 cm³/mol. The maximum absolute atomic E-state index is 14.9. The predicted octanol–water partition coefficient (Wildman–Crippen LogP) is 1.65. The maximum Gasteiger partial charge on any atom is 0.414 e. The molecule has 1 N–H and O–H groups in total. The van der Waals surface area contributed by atoms with E-state index in [1.54, 1.807) is 29.3 Å². The first-order valence-corrected chi connectivity index (χ1v) is 13.2. The third-order valence-electron chi connectivity index (χ3n) is 6.61. The largest absolute Gasteiger partial charge is 0.471 e. The average molecular weight is 581 g/mol. The highest BCUT2D eigenvalue weighted by Gasteiger charge is 2.33. The van der Waals surface area contributed by atoms with Gasteiger partial charge in [-0.25, -0.2) is 19.2 Å². The molecule has 2 aliphatic heterocycles. The Morgan fingerprint density at radius 1 is 1.24 bits per heavy atom. The molecule has 4 aromatic rings. The molecule has 0 bridgehead atoms. The van der Waals surface area contributed by atoms with Crippen molar-refractivity contribution in [3.8, 4) is 5.88 Å². The number of piperazine rings is 1. The minimum absolute atomic E-state index is 0.0525. The number of carbonyl (C=O) groups excluding carboxylic acids is 3. The molecule has 220 valence electrons. The highest BCUT2D eigenvalue weighted by molar-refractivity contribution is 5.90. The van der Waals surface area contributed by atoms with Crippen molar-refractivity contribution in [1.82, 2.24) is 29.7 Å². The van der Waals surface area contributed by atoms with Gasteiger partial charge in [-0.1, -0.05) is 0 Å². The minimum Gasteiger partial charge on any atom is -0.471 e. The Hall–Kier alpha value is -5.21. The Kier molecular flexibility index (Phi) is 8.75. The van der Waals surface area contributed by atoms with Crippen LogP contribution >= 0.6 is 0 Å². The van der Waals surface area contributed by atoms with Gasteiger partial charge in [0.25, 0.3) is 5.88 Å². The van der Waals surface area contributed by atoms with E-state index in [9.17, 15) is 18.8 Å². The van der Waals surface area contributed by atoms with Crippen LogP contribution < -0.4 is 19.9 Å². The normalized spacial score (nSPS) is 16.6. The summed E-state index contributed by atoms with van der Waals surface area (Å²) in [6.07, 6.45) is 6.36. The van der Waals surface area contributed by atoms with Crippen molar-refractivity contribution in [2.75, 3.05) is 55.7 Å². The van der Waals surface area contributed by atoms with Gasteiger partial charge in [0, 0.05) is 50.8 Å².